The molecule has 3 aromatic carbocycles. The third-order valence-electron chi connectivity index (χ3n) is 5.34. The van der Waals surface area contributed by atoms with Crippen LogP contribution in [0.2, 0.25) is 0 Å². The Hall–Kier alpha value is -4.46. The number of carbonyl (C=O) groups is 1. The van der Waals surface area contributed by atoms with Crippen LogP contribution < -0.4 is 19.8 Å². The van der Waals surface area contributed by atoms with Crippen LogP contribution in [0.5, 0.6) is 17.2 Å². The van der Waals surface area contributed by atoms with Gasteiger partial charge >= 0.3 is 5.97 Å². The van der Waals surface area contributed by atoms with Crippen molar-refractivity contribution >= 4 is 23.1 Å². The van der Waals surface area contributed by atoms with Crippen LogP contribution in [0.3, 0.4) is 0 Å². The van der Waals surface area contributed by atoms with Crippen LogP contribution in [0.15, 0.2) is 76.6 Å². The molecule has 0 saturated carbocycles. The topological polar surface area (TPSA) is 92.0 Å². The Kier molecular flexibility index (Phi) is 5.55. The van der Waals surface area contributed by atoms with Gasteiger partial charge in [0.05, 0.1) is 22.7 Å². The summed E-state index contributed by atoms with van der Waals surface area (Å²) in [5, 5.41) is 4.90. The molecule has 34 heavy (non-hydrogen) atoms. The summed E-state index contributed by atoms with van der Waals surface area (Å²) in [7, 11) is 0. The van der Waals surface area contributed by atoms with Crippen LogP contribution >= 0.6 is 0 Å². The molecule has 1 aromatic heterocycles. The van der Waals surface area contributed by atoms with E-state index in [4.69, 9.17) is 14.2 Å². The second-order valence-corrected chi connectivity index (χ2v) is 8.00. The number of carbonyl (C=O) groups excluding carboxylic acids is 1. The van der Waals surface area contributed by atoms with Crippen molar-refractivity contribution in [2.75, 3.05) is 6.79 Å². The van der Waals surface area contributed by atoms with E-state index < -0.39 is 5.97 Å². The van der Waals surface area contributed by atoms with E-state index in [1.54, 1.807) is 54.6 Å². The fourth-order valence-electron chi connectivity index (χ4n) is 3.61. The van der Waals surface area contributed by atoms with Crippen molar-refractivity contribution in [3.63, 3.8) is 0 Å². The molecule has 0 fully saturated rings. The standard InChI is InChI=1S/C26H21N3O5/c1-16(2)24-28-20-9-5-4-8-19(20)25(30)29(24)27-14-18-7-3-6-10-21(18)34-26(31)17-11-12-22-23(13-17)33-15-32-22/h3-14,16H,15H2,1-2H3/b27-14+. The monoisotopic (exact) mass is 455 g/mol. The van der Waals surface area contributed by atoms with Crippen molar-refractivity contribution in [1.82, 2.24) is 9.66 Å². The normalized spacial score (nSPS) is 12.6. The van der Waals surface area contributed by atoms with Gasteiger partial charge in [-0.1, -0.05) is 38.1 Å². The summed E-state index contributed by atoms with van der Waals surface area (Å²) in [6.45, 7) is 4.02. The second kappa shape index (κ2) is 8.82. The Labute approximate surface area is 195 Å². The number of hydrogen-bond donors (Lipinski definition) is 0. The number of nitrogens with zero attached hydrogens (tertiary/aromatic N) is 3. The molecule has 1 aliphatic heterocycles. The highest BCUT2D eigenvalue weighted by molar-refractivity contribution is 5.93. The predicted octanol–water partition coefficient (Wildman–Crippen LogP) is 4.35. The zero-order valence-electron chi connectivity index (χ0n) is 18.6. The fourth-order valence-corrected chi connectivity index (χ4v) is 3.61. The van der Waals surface area contributed by atoms with E-state index >= 15 is 0 Å². The molecule has 0 unspecified atom stereocenters. The molecule has 8 nitrogen and oxygen atoms in total. The maximum atomic E-state index is 13.1. The summed E-state index contributed by atoms with van der Waals surface area (Å²) < 4.78 is 17.5. The van der Waals surface area contributed by atoms with Crippen LogP contribution in [0, 0.1) is 0 Å². The van der Waals surface area contributed by atoms with Crippen molar-refractivity contribution in [2.45, 2.75) is 19.8 Å². The molecule has 0 amide bonds. The molecule has 4 aromatic rings. The number of rotatable bonds is 5. The number of ether oxygens (including phenoxy) is 3. The highest BCUT2D eigenvalue weighted by Crippen LogP contribution is 2.33. The van der Waals surface area contributed by atoms with Gasteiger partial charge in [0.1, 0.15) is 11.6 Å². The molecule has 8 heteroatoms. The van der Waals surface area contributed by atoms with Crippen molar-refractivity contribution < 1.29 is 19.0 Å². The van der Waals surface area contributed by atoms with Gasteiger partial charge in [0.25, 0.3) is 5.56 Å². The van der Waals surface area contributed by atoms with Crippen molar-refractivity contribution in [1.29, 1.82) is 0 Å². The summed E-state index contributed by atoms with van der Waals surface area (Å²) in [5.41, 5.74) is 1.22. The molecule has 5 rings (SSSR count). The lowest BCUT2D eigenvalue weighted by Gasteiger charge is -2.12. The van der Waals surface area contributed by atoms with Gasteiger partial charge in [0, 0.05) is 11.5 Å². The van der Waals surface area contributed by atoms with Gasteiger partial charge < -0.3 is 14.2 Å². The molecule has 0 aliphatic carbocycles. The number of para-hydroxylation sites is 2. The Morgan fingerprint density at radius 3 is 2.68 bits per heavy atom. The van der Waals surface area contributed by atoms with Crippen LogP contribution in [-0.4, -0.2) is 28.6 Å². The van der Waals surface area contributed by atoms with Gasteiger partial charge in [-0.25, -0.2) is 9.78 Å². The minimum atomic E-state index is -0.549. The zero-order valence-corrected chi connectivity index (χ0v) is 18.6. The van der Waals surface area contributed by atoms with E-state index in [9.17, 15) is 9.59 Å². The Bertz CT molecular complexity index is 1490. The van der Waals surface area contributed by atoms with E-state index in [2.05, 4.69) is 10.1 Å². The van der Waals surface area contributed by atoms with Crippen LogP contribution in [0.1, 0.15) is 41.5 Å². The average molecular weight is 455 g/mol. The number of esters is 1. The van der Waals surface area contributed by atoms with Gasteiger partial charge in [0.15, 0.2) is 11.5 Å². The first-order chi connectivity index (χ1) is 16.5. The molecule has 170 valence electrons. The molecular formula is C26H21N3O5. The molecule has 0 N–H and O–H groups in total. The second-order valence-electron chi connectivity index (χ2n) is 8.00. The largest absolute Gasteiger partial charge is 0.454 e. The Balaban J connectivity index is 1.48. The minimum Gasteiger partial charge on any atom is -0.454 e. The predicted molar refractivity (Wildman–Crippen MR) is 127 cm³/mol. The third-order valence-corrected chi connectivity index (χ3v) is 5.34. The van der Waals surface area contributed by atoms with Crippen LogP contribution in [0.4, 0.5) is 0 Å². The lowest BCUT2D eigenvalue weighted by molar-refractivity contribution is 0.0734. The summed E-state index contributed by atoms with van der Waals surface area (Å²) in [5.74, 6) is 1.34. The summed E-state index contributed by atoms with van der Waals surface area (Å²) in [4.78, 5) is 30.5. The quantitative estimate of drug-likeness (QED) is 0.252. The van der Waals surface area contributed by atoms with Crippen LogP contribution in [0.25, 0.3) is 10.9 Å². The van der Waals surface area contributed by atoms with E-state index in [1.165, 1.54) is 10.9 Å². The molecular weight excluding hydrogens is 434 g/mol. The minimum absolute atomic E-state index is 0.0338. The average Bonchev–Trinajstić information content (AvgIpc) is 3.32. The first kappa shape index (κ1) is 21.4. The fraction of sp³-hybridized carbons (Fsp3) is 0.154. The molecule has 0 bridgehead atoms. The summed E-state index contributed by atoms with van der Waals surface area (Å²) in [6.07, 6.45) is 1.49. The van der Waals surface area contributed by atoms with E-state index in [-0.39, 0.29) is 18.3 Å². The third kappa shape index (κ3) is 4.01. The molecule has 1 aliphatic rings. The number of aromatic nitrogens is 2. The zero-order chi connectivity index (χ0) is 23.7. The molecule has 0 radical (unpaired) electrons. The van der Waals surface area contributed by atoms with E-state index in [1.807, 2.05) is 26.0 Å². The smallest absolute Gasteiger partial charge is 0.343 e. The SMILES string of the molecule is CC(C)c1nc2ccccc2c(=O)n1/N=C/c1ccccc1OC(=O)c1ccc2c(c1)OCO2. The van der Waals surface area contributed by atoms with Crippen LogP contribution in [-0.2, 0) is 0 Å². The first-order valence-corrected chi connectivity index (χ1v) is 10.8. The van der Waals surface area contributed by atoms with E-state index in [0.717, 1.165) is 0 Å². The Morgan fingerprint density at radius 2 is 1.82 bits per heavy atom. The number of benzene rings is 3. The van der Waals surface area contributed by atoms with Gasteiger partial charge in [-0.2, -0.15) is 9.78 Å². The van der Waals surface area contributed by atoms with Gasteiger partial charge in [-0.15, -0.1) is 0 Å². The maximum absolute atomic E-state index is 13.1. The summed E-state index contributed by atoms with van der Waals surface area (Å²) >= 11 is 0. The van der Waals surface area contributed by atoms with Gasteiger partial charge in [0.2, 0.25) is 6.79 Å². The Morgan fingerprint density at radius 1 is 1.06 bits per heavy atom. The van der Waals surface area contributed by atoms with Gasteiger partial charge in [-0.3, -0.25) is 4.79 Å². The maximum Gasteiger partial charge on any atom is 0.343 e. The number of hydrogen-bond acceptors (Lipinski definition) is 7. The number of fused-ring (bicyclic) bond motifs is 2. The van der Waals surface area contributed by atoms with Crippen molar-refractivity contribution in [3.05, 3.63) is 94.0 Å². The first-order valence-electron chi connectivity index (χ1n) is 10.8. The summed E-state index contributed by atoms with van der Waals surface area (Å²) in [6, 6.07) is 19.0. The lowest BCUT2D eigenvalue weighted by atomic mass is 10.2. The van der Waals surface area contributed by atoms with Crippen molar-refractivity contribution in [2.24, 2.45) is 5.10 Å². The molecule has 0 atom stereocenters. The molecule has 2 heterocycles. The highest BCUT2D eigenvalue weighted by atomic mass is 16.7. The lowest BCUT2D eigenvalue weighted by Crippen LogP contribution is -2.23. The van der Waals surface area contributed by atoms with Gasteiger partial charge in [-0.05, 0) is 42.5 Å². The van der Waals surface area contributed by atoms with E-state index in [0.29, 0.717) is 45.1 Å². The molecule has 0 saturated heterocycles. The highest BCUT2D eigenvalue weighted by Gasteiger charge is 2.18. The molecule has 0 spiro atoms. The van der Waals surface area contributed by atoms with Crippen molar-refractivity contribution in [3.8, 4) is 17.2 Å².